The van der Waals surface area contributed by atoms with Crippen LogP contribution in [-0.4, -0.2) is 56.4 Å². The normalized spacial score (nSPS) is 20.9. The van der Waals surface area contributed by atoms with E-state index in [-0.39, 0.29) is 19.1 Å². The number of hydrogen-bond acceptors (Lipinski definition) is 6. The molecule has 0 spiro atoms. The second-order valence-corrected chi connectivity index (χ2v) is 9.07. The van der Waals surface area contributed by atoms with Crippen LogP contribution in [0.25, 0.3) is 0 Å². The van der Waals surface area contributed by atoms with Crippen molar-refractivity contribution in [2.45, 2.75) is 44.2 Å². The van der Waals surface area contributed by atoms with Gasteiger partial charge >= 0.3 is 0 Å². The number of hydrogen-bond donors (Lipinski definition) is 2. The van der Waals surface area contributed by atoms with Crippen molar-refractivity contribution in [3.8, 4) is 0 Å². The summed E-state index contributed by atoms with van der Waals surface area (Å²) in [6.45, 7) is 1.52. The fraction of sp³-hybridized carbons (Fsp3) is 0.333. The molecule has 0 saturated carbocycles. The van der Waals surface area contributed by atoms with Crippen molar-refractivity contribution >= 4 is 12.3 Å². The molecule has 1 heterocycles. The zero-order valence-corrected chi connectivity index (χ0v) is 21.2. The molecule has 8 nitrogen and oxygen atoms in total. The Balaban J connectivity index is 1.50. The fourth-order valence-electron chi connectivity index (χ4n) is 4.33. The van der Waals surface area contributed by atoms with Gasteiger partial charge in [0.05, 0.1) is 45.6 Å². The summed E-state index contributed by atoms with van der Waals surface area (Å²) in [5.41, 5.74) is 3.08. The molecule has 3 aromatic rings. The number of carbonyl (C=O) groups excluding carboxylic acids is 2. The average molecular weight is 519 g/mol. The number of nitrogens with one attached hydrogen (secondary N) is 2. The van der Waals surface area contributed by atoms with Crippen molar-refractivity contribution in [3.05, 3.63) is 108 Å². The van der Waals surface area contributed by atoms with Crippen LogP contribution in [0.4, 0.5) is 0 Å². The first-order chi connectivity index (χ1) is 18.7. The third-order valence-electron chi connectivity index (χ3n) is 6.23. The molecule has 1 fully saturated rings. The molecule has 4 atom stereocenters. The standard InChI is InChI=1S/C30H34N2O6/c33-22-31-16-28(34)32-26-20-36-27(21-35-17-23-10-4-1-5-11-23)30(38-19-25-14-8-3-9-15-25)29(26)37-18-24-12-6-2-7-13-24/h1-15,22,26-27,29-30H,16-21H2,(H,31,33)(H,32,34)/t26-,27-,29-,30+/m1/s1. The van der Waals surface area contributed by atoms with E-state index in [2.05, 4.69) is 10.6 Å². The van der Waals surface area contributed by atoms with E-state index in [1.165, 1.54) is 0 Å². The van der Waals surface area contributed by atoms with Crippen LogP contribution in [0.5, 0.6) is 0 Å². The second-order valence-electron chi connectivity index (χ2n) is 9.07. The van der Waals surface area contributed by atoms with E-state index in [0.29, 0.717) is 32.8 Å². The lowest BCUT2D eigenvalue weighted by Crippen LogP contribution is -2.62. The molecule has 1 aliphatic rings. The summed E-state index contributed by atoms with van der Waals surface area (Å²) < 4.78 is 25.1. The zero-order chi connectivity index (χ0) is 26.4. The van der Waals surface area contributed by atoms with E-state index in [0.717, 1.165) is 16.7 Å². The van der Waals surface area contributed by atoms with E-state index in [9.17, 15) is 9.59 Å². The molecule has 1 aliphatic heterocycles. The van der Waals surface area contributed by atoms with Crippen LogP contribution in [0, 0.1) is 0 Å². The lowest BCUT2D eigenvalue weighted by atomic mass is 9.97. The van der Waals surface area contributed by atoms with Gasteiger partial charge in [-0.2, -0.15) is 0 Å². The molecule has 0 aliphatic carbocycles. The minimum absolute atomic E-state index is 0.134. The summed E-state index contributed by atoms with van der Waals surface area (Å²) in [6, 6.07) is 29.2. The third kappa shape index (κ3) is 8.49. The highest BCUT2D eigenvalue weighted by molar-refractivity contribution is 5.80. The van der Waals surface area contributed by atoms with Crippen molar-refractivity contribution in [1.29, 1.82) is 0 Å². The first kappa shape index (κ1) is 27.5. The van der Waals surface area contributed by atoms with Gasteiger partial charge in [0.1, 0.15) is 18.3 Å². The van der Waals surface area contributed by atoms with Crippen LogP contribution >= 0.6 is 0 Å². The first-order valence-corrected chi connectivity index (χ1v) is 12.7. The monoisotopic (exact) mass is 518 g/mol. The van der Waals surface area contributed by atoms with Crippen molar-refractivity contribution in [2.75, 3.05) is 19.8 Å². The largest absolute Gasteiger partial charge is 0.374 e. The van der Waals surface area contributed by atoms with Crippen LogP contribution in [0.3, 0.4) is 0 Å². The Kier molecular flexibility index (Phi) is 10.8. The van der Waals surface area contributed by atoms with Gasteiger partial charge in [0, 0.05) is 0 Å². The molecular weight excluding hydrogens is 484 g/mol. The van der Waals surface area contributed by atoms with Gasteiger partial charge < -0.3 is 29.6 Å². The second kappa shape index (κ2) is 15.0. The highest BCUT2D eigenvalue weighted by Gasteiger charge is 2.43. The third-order valence-corrected chi connectivity index (χ3v) is 6.23. The molecule has 200 valence electrons. The molecule has 4 rings (SSSR count). The lowest BCUT2D eigenvalue weighted by molar-refractivity contribution is -0.208. The van der Waals surface area contributed by atoms with Crippen molar-refractivity contribution in [1.82, 2.24) is 10.6 Å². The Bertz CT molecular complexity index is 1100. The molecule has 0 aromatic heterocycles. The Morgan fingerprint density at radius 2 is 1.32 bits per heavy atom. The number of benzene rings is 3. The van der Waals surface area contributed by atoms with Gasteiger partial charge in [0.15, 0.2) is 0 Å². The van der Waals surface area contributed by atoms with Crippen molar-refractivity contribution in [2.24, 2.45) is 0 Å². The maximum absolute atomic E-state index is 12.5. The Morgan fingerprint density at radius 3 is 1.87 bits per heavy atom. The molecule has 0 unspecified atom stereocenters. The minimum atomic E-state index is -0.521. The van der Waals surface area contributed by atoms with Gasteiger partial charge in [0.25, 0.3) is 0 Å². The Hall–Kier alpha value is -3.56. The van der Waals surface area contributed by atoms with Gasteiger partial charge in [-0.15, -0.1) is 0 Å². The van der Waals surface area contributed by atoms with Gasteiger partial charge in [-0.25, -0.2) is 0 Å². The summed E-state index contributed by atoms with van der Waals surface area (Å²) in [6.07, 6.45) is -0.956. The molecule has 0 radical (unpaired) electrons. The summed E-state index contributed by atoms with van der Waals surface area (Å²) >= 11 is 0. The predicted molar refractivity (Wildman–Crippen MR) is 142 cm³/mol. The topological polar surface area (TPSA) is 95.1 Å². The number of ether oxygens (including phenoxy) is 4. The highest BCUT2D eigenvalue weighted by Crippen LogP contribution is 2.25. The molecule has 0 bridgehead atoms. The molecule has 2 N–H and O–H groups in total. The van der Waals surface area contributed by atoms with Crippen LogP contribution in [0.1, 0.15) is 16.7 Å². The fourth-order valence-corrected chi connectivity index (χ4v) is 4.33. The molecule has 38 heavy (non-hydrogen) atoms. The van der Waals surface area contributed by atoms with E-state index in [1.807, 2.05) is 91.0 Å². The van der Waals surface area contributed by atoms with Crippen LogP contribution in [-0.2, 0) is 48.4 Å². The zero-order valence-electron chi connectivity index (χ0n) is 21.2. The van der Waals surface area contributed by atoms with Gasteiger partial charge in [-0.1, -0.05) is 91.0 Å². The Morgan fingerprint density at radius 1 is 0.789 bits per heavy atom. The van der Waals surface area contributed by atoms with Gasteiger partial charge in [-0.3, -0.25) is 9.59 Å². The number of amides is 2. The quantitative estimate of drug-likeness (QED) is 0.319. The molecule has 1 saturated heterocycles. The van der Waals surface area contributed by atoms with E-state index in [1.54, 1.807) is 0 Å². The smallest absolute Gasteiger partial charge is 0.239 e. The SMILES string of the molecule is O=CNCC(=O)N[C@@H]1CO[C@H](COCc2ccccc2)[C@H](OCc2ccccc2)[C@@H]1OCc1ccccc1. The maximum atomic E-state index is 12.5. The average Bonchev–Trinajstić information content (AvgIpc) is 2.96. The summed E-state index contributed by atoms with van der Waals surface area (Å²) in [4.78, 5) is 23.1. The number of carbonyl (C=O) groups is 2. The Labute approximate surface area is 223 Å². The number of rotatable bonds is 14. The highest BCUT2D eigenvalue weighted by atomic mass is 16.6. The molecule has 3 aromatic carbocycles. The van der Waals surface area contributed by atoms with Gasteiger partial charge in [0.2, 0.25) is 12.3 Å². The van der Waals surface area contributed by atoms with E-state index < -0.39 is 24.4 Å². The van der Waals surface area contributed by atoms with Crippen molar-refractivity contribution < 1.29 is 28.5 Å². The van der Waals surface area contributed by atoms with Crippen LogP contribution in [0.2, 0.25) is 0 Å². The summed E-state index contributed by atoms with van der Waals surface area (Å²) in [5.74, 6) is -0.334. The first-order valence-electron chi connectivity index (χ1n) is 12.7. The predicted octanol–water partition coefficient (Wildman–Crippen LogP) is 3.00. The lowest BCUT2D eigenvalue weighted by Gasteiger charge is -2.42. The molecule has 8 heteroatoms. The summed E-state index contributed by atoms with van der Waals surface area (Å²) in [5, 5.41) is 5.33. The maximum Gasteiger partial charge on any atom is 0.239 e. The van der Waals surface area contributed by atoms with E-state index in [4.69, 9.17) is 18.9 Å². The van der Waals surface area contributed by atoms with Crippen molar-refractivity contribution in [3.63, 3.8) is 0 Å². The van der Waals surface area contributed by atoms with Gasteiger partial charge in [-0.05, 0) is 16.7 Å². The molecule has 2 amide bonds. The van der Waals surface area contributed by atoms with E-state index >= 15 is 0 Å². The van der Waals surface area contributed by atoms with Crippen LogP contribution in [0.15, 0.2) is 91.0 Å². The summed E-state index contributed by atoms with van der Waals surface area (Å²) in [7, 11) is 0. The molecular formula is C30H34N2O6. The minimum Gasteiger partial charge on any atom is -0.374 e. The van der Waals surface area contributed by atoms with Crippen LogP contribution < -0.4 is 10.6 Å².